The molecule has 0 amide bonds. The number of anilines is 3. The number of nitrogen functional groups attached to an aromatic ring is 1. The third kappa shape index (κ3) is 3.94. The van der Waals surface area contributed by atoms with Crippen LogP contribution in [0.4, 0.5) is 17.2 Å². The number of aliphatic imine (C=N–C) groups is 1. The number of hydrogen-bond donors (Lipinski definition) is 2. The molecule has 27 heavy (non-hydrogen) atoms. The van der Waals surface area contributed by atoms with E-state index in [9.17, 15) is 0 Å². The van der Waals surface area contributed by atoms with E-state index in [2.05, 4.69) is 24.8 Å². The quantitative estimate of drug-likeness (QED) is 0.608. The van der Waals surface area contributed by atoms with E-state index in [1.807, 2.05) is 12.1 Å². The lowest BCUT2D eigenvalue weighted by molar-refractivity contribution is 0.417. The van der Waals surface area contributed by atoms with Gasteiger partial charge in [0, 0.05) is 80.9 Å². The van der Waals surface area contributed by atoms with Gasteiger partial charge in [-0.2, -0.15) is 0 Å². The molecule has 0 bridgehead atoms. The summed E-state index contributed by atoms with van der Waals surface area (Å²) >= 11 is 0. The minimum atomic E-state index is 0.568. The minimum absolute atomic E-state index is 0.568. The van der Waals surface area contributed by atoms with Crippen molar-refractivity contribution in [2.75, 3.05) is 55.9 Å². The molecule has 2 aromatic rings. The van der Waals surface area contributed by atoms with Crippen LogP contribution in [0.1, 0.15) is 5.56 Å². The molecule has 8 nitrogen and oxygen atoms in total. The molecule has 0 saturated carbocycles. The van der Waals surface area contributed by atoms with Crippen LogP contribution in [0.15, 0.2) is 41.9 Å². The number of allylic oxidation sites excluding steroid dienone is 1. The zero-order valence-electron chi connectivity index (χ0n) is 15.7. The Morgan fingerprint density at radius 2 is 1.93 bits per heavy atom. The molecule has 8 heteroatoms. The Hall–Kier alpha value is -3.29. The summed E-state index contributed by atoms with van der Waals surface area (Å²) < 4.78 is 5.43. The maximum atomic E-state index is 6.14. The first-order valence-corrected chi connectivity index (χ1v) is 8.75. The van der Waals surface area contributed by atoms with Crippen molar-refractivity contribution >= 4 is 29.0 Å². The van der Waals surface area contributed by atoms with Gasteiger partial charge in [-0.1, -0.05) is 0 Å². The molecule has 4 N–H and O–H groups in total. The summed E-state index contributed by atoms with van der Waals surface area (Å²) in [5, 5.41) is 0. The fourth-order valence-electron chi connectivity index (χ4n) is 3.23. The van der Waals surface area contributed by atoms with Crippen LogP contribution in [-0.4, -0.2) is 56.5 Å². The van der Waals surface area contributed by atoms with Gasteiger partial charge >= 0.3 is 0 Å². The second-order valence-corrected chi connectivity index (χ2v) is 6.16. The molecule has 2 heterocycles. The zero-order valence-corrected chi connectivity index (χ0v) is 15.7. The van der Waals surface area contributed by atoms with E-state index in [1.54, 1.807) is 45.2 Å². The summed E-state index contributed by atoms with van der Waals surface area (Å²) in [5.74, 6) is 1.54. The number of nitrogens with zero attached hydrogens (tertiary/aromatic N) is 5. The van der Waals surface area contributed by atoms with Gasteiger partial charge in [0.15, 0.2) is 0 Å². The molecule has 0 aliphatic carbocycles. The Labute approximate surface area is 159 Å². The third-order valence-electron chi connectivity index (χ3n) is 4.60. The second-order valence-electron chi connectivity index (χ2n) is 6.16. The van der Waals surface area contributed by atoms with E-state index >= 15 is 0 Å². The number of hydrogen-bond acceptors (Lipinski definition) is 8. The Kier molecular flexibility index (Phi) is 5.75. The Morgan fingerprint density at radius 3 is 2.52 bits per heavy atom. The minimum Gasteiger partial charge on any atom is -0.495 e. The molecule has 0 spiro atoms. The van der Waals surface area contributed by atoms with Gasteiger partial charge in [-0.05, 0) is 6.07 Å². The first-order chi connectivity index (χ1) is 13.2. The summed E-state index contributed by atoms with van der Waals surface area (Å²) in [6, 6.07) is 3.86. The Balaban J connectivity index is 1.89. The van der Waals surface area contributed by atoms with Gasteiger partial charge in [-0.3, -0.25) is 9.98 Å². The highest BCUT2D eigenvalue weighted by Gasteiger charge is 2.22. The molecule has 3 rings (SSSR count). The highest BCUT2D eigenvalue weighted by atomic mass is 16.5. The van der Waals surface area contributed by atoms with E-state index in [-0.39, 0.29) is 0 Å². The van der Waals surface area contributed by atoms with Gasteiger partial charge in [0.25, 0.3) is 0 Å². The SMILES string of the molecule is CN=CC(=CN)c1cc(N)c(OC)cc1N1CCN(c2cnccn2)CC1. The highest BCUT2D eigenvalue weighted by Crippen LogP contribution is 2.35. The number of ether oxygens (including phenoxy) is 1. The van der Waals surface area contributed by atoms with Crippen molar-refractivity contribution in [1.82, 2.24) is 9.97 Å². The number of benzene rings is 1. The van der Waals surface area contributed by atoms with Crippen molar-refractivity contribution in [1.29, 1.82) is 0 Å². The fraction of sp³-hybridized carbons (Fsp3) is 0.316. The Morgan fingerprint density at radius 1 is 1.19 bits per heavy atom. The molecule has 0 unspecified atom stereocenters. The summed E-state index contributed by atoms with van der Waals surface area (Å²) in [6.45, 7) is 3.35. The predicted octanol–water partition coefficient (Wildman–Crippen LogP) is 1.39. The lowest BCUT2D eigenvalue weighted by Crippen LogP contribution is -2.47. The molecular weight excluding hydrogens is 342 g/mol. The summed E-state index contributed by atoms with van der Waals surface area (Å²) in [6.07, 6.45) is 8.48. The topological polar surface area (TPSA) is 106 Å². The van der Waals surface area contributed by atoms with Crippen LogP contribution in [0.25, 0.3) is 5.57 Å². The van der Waals surface area contributed by atoms with Crippen molar-refractivity contribution in [3.63, 3.8) is 0 Å². The molecule has 1 fully saturated rings. The van der Waals surface area contributed by atoms with Crippen LogP contribution < -0.4 is 26.0 Å². The van der Waals surface area contributed by atoms with Crippen LogP contribution in [0.5, 0.6) is 5.75 Å². The molecule has 1 aromatic carbocycles. The number of rotatable bonds is 5. The molecule has 1 aliphatic rings. The van der Waals surface area contributed by atoms with Gasteiger partial charge in [-0.25, -0.2) is 4.98 Å². The van der Waals surface area contributed by atoms with E-state index < -0.39 is 0 Å². The number of piperazine rings is 1. The number of aromatic nitrogens is 2. The first kappa shape index (κ1) is 18.5. The number of methoxy groups -OCH3 is 1. The van der Waals surface area contributed by atoms with Crippen molar-refractivity contribution in [3.8, 4) is 5.75 Å². The average molecular weight is 367 g/mol. The summed E-state index contributed by atoms with van der Waals surface area (Å²) in [7, 11) is 3.34. The maximum Gasteiger partial charge on any atom is 0.147 e. The van der Waals surface area contributed by atoms with E-state index in [4.69, 9.17) is 16.2 Å². The second kappa shape index (κ2) is 8.39. The van der Waals surface area contributed by atoms with Crippen LogP contribution in [-0.2, 0) is 0 Å². The van der Waals surface area contributed by atoms with Gasteiger partial charge in [0.05, 0.1) is 19.0 Å². The van der Waals surface area contributed by atoms with E-state index in [0.717, 1.165) is 48.8 Å². The molecule has 1 aromatic heterocycles. The van der Waals surface area contributed by atoms with E-state index in [1.165, 1.54) is 0 Å². The first-order valence-electron chi connectivity index (χ1n) is 8.75. The Bertz CT molecular complexity index is 827. The molecule has 1 saturated heterocycles. The molecule has 0 atom stereocenters. The summed E-state index contributed by atoms with van der Waals surface area (Å²) in [4.78, 5) is 17.2. The van der Waals surface area contributed by atoms with Crippen molar-refractivity contribution in [2.24, 2.45) is 10.7 Å². The lowest BCUT2D eigenvalue weighted by atomic mass is 10.0. The van der Waals surface area contributed by atoms with Crippen LogP contribution in [0.3, 0.4) is 0 Å². The standard InChI is InChI=1S/C19H25N7O/c1-22-12-14(11-20)15-9-16(21)18(27-2)10-17(15)25-5-7-26(8-6-25)19-13-23-3-4-24-19/h3-4,9-13H,5-8,20-21H2,1-2H3. The number of nitrogens with two attached hydrogens (primary N) is 2. The van der Waals surface area contributed by atoms with Crippen LogP contribution in [0.2, 0.25) is 0 Å². The molecule has 1 aliphatic heterocycles. The van der Waals surface area contributed by atoms with Crippen LogP contribution >= 0.6 is 0 Å². The summed E-state index contributed by atoms with van der Waals surface area (Å²) in [5.41, 5.74) is 15.3. The largest absolute Gasteiger partial charge is 0.495 e. The maximum absolute atomic E-state index is 6.14. The zero-order chi connectivity index (χ0) is 19.2. The van der Waals surface area contributed by atoms with Crippen LogP contribution in [0, 0.1) is 0 Å². The predicted molar refractivity (Wildman–Crippen MR) is 110 cm³/mol. The molecular formula is C19H25N7O. The molecule has 0 radical (unpaired) electrons. The van der Waals surface area contributed by atoms with Crippen molar-refractivity contribution in [2.45, 2.75) is 0 Å². The van der Waals surface area contributed by atoms with Gasteiger partial charge in [0.1, 0.15) is 11.6 Å². The van der Waals surface area contributed by atoms with Gasteiger partial charge in [0.2, 0.25) is 0 Å². The van der Waals surface area contributed by atoms with Crippen molar-refractivity contribution < 1.29 is 4.74 Å². The normalized spacial score (nSPS) is 15.4. The fourth-order valence-corrected chi connectivity index (χ4v) is 3.23. The lowest BCUT2D eigenvalue weighted by Gasteiger charge is -2.37. The van der Waals surface area contributed by atoms with E-state index in [0.29, 0.717) is 11.4 Å². The highest BCUT2D eigenvalue weighted by molar-refractivity contribution is 6.12. The van der Waals surface area contributed by atoms with Gasteiger partial charge in [-0.15, -0.1) is 0 Å². The third-order valence-corrected chi connectivity index (χ3v) is 4.60. The smallest absolute Gasteiger partial charge is 0.147 e. The monoisotopic (exact) mass is 367 g/mol. The van der Waals surface area contributed by atoms with Gasteiger partial charge < -0.3 is 26.0 Å². The average Bonchev–Trinajstić information content (AvgIpc) is 2.72. The molecule has 142 valence electrons. The van der Waals surface area contributed by atoms with Crippen molar-refractivity contribution in [3.05, 3.63) is 42.5 Å².